The van der Waals surface area contributed by atoms with Gasteiger partial charge in [0.25, 0.3) is 0 Å². The fourth-order valence-electron chi connectivity index (χ4n) is 2.11. The van der Waals surface area contributed by atoms with Gasteiger partial charge in [-0.25, -0.2) is 0 Å². The van der Waals surface area contributed by atoms with E-state index in [0.29, 0.717) is 24.7 Å². The van der Waals surface area contributed by atoms with Crippen molar-refractivity contribution in [3.63, 3.8) is 0 Å². The van der Waals surface area contributed by atoms with Crippen LogP contribution in [0.4, 0.5) is 0 Å². The molecule has 1 heterocycles. The Hall–Kier alpha value is -0.610. The molecule has 4 unspecified atom stereocenters. The van der Waals surface area contributed by atoms with Crippen LogP contribution in [-0.2, 0) is 14.3 Å². The lowest BCUT2D eigenvalue weighted by Crippen LogP contribution is -2.23. The van der Waals surface area contributed by atoms with Crippen LogP contribution in [-0.4, -0.2) is 30.8 Å². The third-order valence-electron chi connectivity index (χ3n) is 2.82. The highest BCUT2D eigenvalue weighted by atomic mass is 16.6. The molecule has 0 amide bonds. The molecule has 0 radical (unpaired) electrons. The lowest BCUT2D eigenvalue weighted by Gasteiger charge is -2.11. The van der Waals surface area contributed by atoms with Crippen molar-refractivity contribution in [2.45, 2.75) is 38.0 Å². The number of hydrogen-bond donors (Lipinski definition) is 1. The number of epoxide rings is 1. The van der Waals surface area contributed by atoms with Crippen LogP contribution in [0.25, 0.3) is 0 Å². The minimum Gasteiger partial charge on any atom is -0.466 e. The van der Waals surface area contributed by atoms with Gasteiger partial charge in [-0.15, -0.1) is 0 Å². The van der Waals surface area contributed by atoms with Gasteiger partial charge in [0.2, 0.25) is 0 Å². The van der Waals surface area contributed by atoms with Crippen molar-refractivity contribution >= 4 is 5.97 Å². The fraction of sp³-hybridized carbons (Fsp3) is 0.889. The van der Waals surface area contributed by atoms with Crippen molar-refractivity contribution in [3.05, 3.63) is 0 Å². The SMILES string of the molecule is CC(=O)OCCC1CC(N)C2OC12. The van der Waals surface area contributed by atoms with E-state index >= 15 is 0 Å². The third-order valence-corrected chi connectivity index (χ3v) is 2.82. The summed E-state index contributed by atoms with van der Waals surface area (Å²) in [5, 5.41) is 0. The highest BCUT2D eigenvalue weighted by Crippen LogP contribution is 2.43. The maximum Gasteiger partial charge on any atom is 0.302 e. The van der Waals surface area contributed by atoms with E-state index in [1.807, 2.05) is 0 Å². The van der Waals surface area contributed by atoms with Crippen molar-refractivity contribution in [1.29, 1.82) is 0 Å². The molecule has 2 rings (SSSR count). The largest absolute Gasteiger partial charge is 0.466 e. The number of rotatable bonds is 3. The zero-order chi connectivity index (χ0) is 9.42. The molecule has 1 aliphatic heterocycles. The average Bonchev–Trinajstić information content (AvgIpc) is 2.75. The van der Waals surface area contributed by atoms with Crippen molar-refractivity contribution in [2.24, 2.45) is 11.7 Å². The van der Waals surface area contributed by atoms with E-state index in [2.05, 4.69) is 0 Å². The normalized spacial score (nSPS) is 41.4. The highest BCUT2D eigenvalue weighted by molar-refractivity contribution is 5.65. The van der Waals surface area contributed by atoms with Crippen LogP contribution >= 0.6 is 0 Å². The molecule has 1 saturated heterocycles. The summed E-state index contributed by atoms with van der Waals surface area (Å²) in [4.78, 5) is 10.5. The molecule has 0 aromatic rings. The minimum atomic E-state index is -0.212. The average molecular weight is 185 g/mol. The molecule has 1 saturated carbocycles. The predicted molar refractivity (Wildman–Crippen MR) is 46.0 cm³/mol. The number of carbonyl (C=O) groups excluding carboxylic acids is 1. The molecule has 0 bridgehead atoms. The van der Waals surface area contributed by atoms with E-state index in [0.717, 1.165) is 12.8 Å². The second-order valence-corrected chi connectivity index (χ2v) is 3.85. The van der Waals surface area contributed by atoms with Gasteiger partial charge in [-0.3, -0.25) is 4.79 Å². The van der Waals surface area contributed by atoms with Gasteiger partial charge in [0, 0.05) is 13.0 Å². The van der Waals surface area contributed by atoms with Crippen LogP contribution in [0.15, 0.2) is 0 Å². The number of esters is 1. The monoisotopic (exact) mass is 185 g/mol. The molecule has 0 spiro atoms. The summed E-state index contributed by atoms with van der Waals surface area (Å²) < 4.78 is 10.2. The summed E-state index contributed by atoms with van der Waals surface area (Å²) in [6.45, 7) is 1.93. The Morgan fingerprint density at radius 2 is 2.38 bits per heavy atom. The molecule has 74 valence electrons. The van der Waals surface area contributed by atoms with Crippen molar-refractivity contribution in [2.75, 3.05) is 6.61 Å². The van der Waals surface area contributed by atoms with Crippen LogP contribution in [0, 0.1) is 5.92 Å². The Labute approximate surface area is 77.4 Å². The van der Waals surface area contributed by atoms with Gasteiger partial charge in [0.05, 0.1) is 18.8 Å². The molecule has 1 aliphatic carbocycles. The number of hydrogen-bond acceptors (Lipinski definition) is 4. The molecular weight excluding hydrogens is 170 g/mol. The summed E-state index contributed by atoms with van der Waals surface area (Å²) in [6.07, 6.45) is 2.54. The maximum atomic E-state index is 10.5. The van der Waals surface area contributed by atoms with Gasteiger partial charge in [0.15, 0.2) is 0 Å². The Morgan fingerprint density at radius 3 is 2.85 bits per heavy atom. The van der Waals surface area contributed by atoms with Gasteiger partial charge >= 0.3 is 5.97 Å². The van der Waals surface area contributed by atoms with Gasteiger partial charge in [-0.05, 0) is 18.8 Å². The molecule has 2 aliphatic rings. The summed E-state index contributed by atoms with van der Waals surface area (Å²) in [7, 11) is 0. The lowest BCUT2D eigenvalue weighted by molar-refractivity contribution is -0.141. The number of fused-ring (bicyclic) bond motifs is 1. The standard InChI is InChI=1S/C9H15NO3/c1-5(11)12-3-2-6-4-7(10)9-8(6)13-9/h6-9H,2-4,10H2,1H3. The Balaban J connectivity index is 1.69. The first-order chi connectivity index (χ1) is 6.18. The van der Waals surface area contributed by atoms with Crippen LogP contribution in [0.3, 0.4) is 0 Å². The van der Waals surface area contributed by atoms with Crippen molar-refractivity contribution < 1.29 is 14.3 Å². The van der Waals surface area contributed by atoms with Crippen LogP contribution in [0.1, 0.15) is 19.8 Å². The van der Waals surface area contributed by atoms with Gasteiger partial charge < -0.3 is 15.2 Å². The summed E-state index contributed by atoms with van der Waals surface area (Å²) in [5.74, 6) is 0.287. The zero-order valence-corrected chi connectivity index (χ0v) is 7.73. The number of ether oxygens (including phenoxy) is 2. The zero-order valence-electron chi connectivity index (χ0n) is 7.73. The molecule has 2 N–H and O–H groups in total. The molecular formula is C9H15NO3. The first kappa shape index (κ1) is 8.97. The van der Waals surface area contributed by atoms with E-state index < -0.39 is 0 Å². The summed E-state index contributed by atoms with van der Waals surface area (Å²) in [6, 6.07) is 0.201. The quantitative estimate of drug-likeness (QED) is 0.498. The smallest absolute Gasteiger partial charge is 0.302 e. The predicted octanol–water partition coefficient (Wildman–Crippen LogP) is 0.0542. The molecule has 0 aromatic heterocycles. The highest BCUT2D eigenvalue weighted by Gasteiger charge is 2.54. The van der Waals surface area contributed by atoms with Crippen LogP contribution < -0.4 is 5.73 Å². The third kappa shape index (κ3) is 1.84. The molecule has 13 heavy (non-hydrogen) atoms. The molecule has 4 nitrogen and oxygen atoms in total. The maximum absolute atomic E-state index is 10.5. The fourth-order valence-corrected chi connectivity index (χ4v) is 2.11. The Bertz CT molecular complexity index is 219. The van der Waals surface area contributed by atoms with Gasteiger partial charge in [0.1, 0.15) is 0 Å². The van der Waals surface area contributed by atoms with Crippen molar-refractivity contribution in [1.82, 2.24) is 0 Å². The lowest BCUT2D eigenvalue weighted by atomic mass is 10.0. The first-order valence-electron chi connectivity index (χ1n) is 4.73. The van der Waals surface area contributed by atoms with E-state index in [9.17, 15) is 4.79 Å². The second kappa shape index (κ2) is 3.27. The van der Waals surface area contributed by atoms with E-state index in [-0.39, 0.29) is 12.0 Å². The number of nitrogens with two attached hydrogens (primary N) is 1. The molecule has 0 aromatic carbocycles. The first-order valence-corrected chi connectivity index (χ1v) is 4.73. The van der Waals surface area contributed by atoms with E-state index in [4.69, 9.17) is 15.2 Å². The van der Waals surface area contributed by atoms with Gasteiger partial charge in [-0.1, -0.05) is 0 Å². The topological polar surface area (TPSA) is 64.8 Å². The Morgan fingerprint density at radius 1 is 1.62 bits per heavy atom. The van der Waals surface area contributed by atoms with E-state index in [1.54, 1.807) is 0 Å². The molecule has 4 heteroatoms. The van der Waals surface area contributed by atoms with Crippen LogP contribution in [0.5, 0.6) is 0 Å². The van der Waals surface area contributed by atoms with Crippen molar-refractivity contribution in [3.8, 4) is 0 Å². The molecule has 2 fully saturated rings. The molecule has 4 atom stereocenters. The van der Waals surface area contributed by atoms with E-state index in [1.165, 1.54) is 6.92 Å². The second-order valence-electron chi connectivity index (χ2n) is 3.85. The summed E-state index contributed by atoms with van der Waals surface area (Å²) >= 11 is 0. The minimum absolute atomic E-state index is 0.201. The summed E-state index contributed by atoms with van der Waals surface area (Å²) in [5.41, 5.74) is 5.81. The Kier molecular flexibility index (Phi) is 2.26. The van der Waals surface area contributed by atoms with Crippen LogP contribution in [0.2, 0.25) is 0 Å². The number of carbonyl (C=O) groups is 1. The van der Waals surface area contributed by atoms with Gasteiger partial charge in [-0.2, -0.15) is 0 Å².